The zero-order valence-electron chi connectivity index (χ0n) is 14.9. The highest BCUT2D eigenvalue weighted by Crippen LogP contribution is 2.23. The Balaban J connectivity index is 1.61. The maximum absolute atomic E-state index is 6.39. The Hall–Kier alpha value is -2.82. The van der Waals surface area contributed by atoms with E-state index in [1.54, 1.807) is 24.7 Å². The highest BCUT2D eigenvalue weighted by molar-refractivity contribution is 6.37. The molecule has 0 radical (unpaired) electrons. The van der Waals surface area contributed by atoms with E-state index < -0.39 is 0 Å². The number of halogens is 2. The summed E-state index contributed by atoms with van der Waals surface area (Å²) < 4.78 is 1.91. The zero-order chi connectivity index (χ0) is 19.3. The van der Waals surface area contributed by atoms with Gasteiger partial charge < -0.3 is 9.40 Å². The molecule has 140 valence electrons. The third kappa shape index (κ3) is 4.19. The summed E-state index contributed by atoms with van der Waals surface area (Å²) in [4.78, 5) is 9.82. The Kier molecular flexibility index (Phi) is 5.60. The third-order valence-electron chi connectivity index (χ3n) is 4.41. The van der Waals surface area contributed by atoms with E-state index in [0.717, 1.165) is 16.5 Å². The van der Waals surface area contributed by atoms with E-state index in [1.807, 2.05) is 41.1 Å². The third-order valence-corrected chi connectivity index (χ3v) is 4.96. The number of hydrogen-bond acceptors (Lipinski definition) is 3. The first kappa shape index (κ1) is 18.5. The number of rotatable bonds is 6. The lowest BCUT2D eigenvalue weighted by atomic mass is 10.1. The second kappa shape index (κ2) is 8.46. The number of hydrogen-bond donors (Lipinski definition) is 0. The molecule has 3 aromatic carbocycles. The Morgan fingerprint density at radius 1 is 1.04 bits per heavy atom. The van der Waals surface area contributed by atoms with Crippen LogP contribution in [0, 0.1) is 0 Å². The largest absolute Gasteiger partial charge is 0.391 e. The quantitative estimate of drug-likeness (QED) is 0.291. The Labute approximate surface area is 173 Å². The van der Waals surface area contributed by atoms with Gasteiger partial charge in [0.25, 0.3) is 0 Å². The van der Waals surface area contributed by atoms with Gasteiger partial charge in [0, 0.05) is 23.0 Å². The van der Waals surface area contributed by atoms with Gasteiger partial charge in [-0.3, -0.25) is 0 Å². The van der Waals surface area contributed by atoms with Gasteiger partial charge >= 0.3 is 0 Å². The van der Waals surface area contributed by atoms with Gasteiger partial charge in [0.1, 0.15) is 12.3 Å². The zero-order valence-corrected chi connectivity index (χ0v) is 16.4. The Bertz CT molecular complexity index is 1120. The number of nitrogens with zero attached hydrogens (tertiary/aromatic N) is 3. The van der Waals surface area contributed by atoms with Gasteiger partial charge in [0.2, 0.25) is 0 Å². The first-order chi connectivity index (χ1) is 13.7. The van der Waals surface area contributed by atoms with Crippen molar-refractivity contribution in [3.63, 3.8) is 0 Å². The highest BCUT2D eigenvalue weighted by Gasteiger charge is 2.11. The van der Waals surface area contributed by atoms with Crippen molar-refractivity contribution in [1.29, 1.82) is 0 Å². The molecular weight excluding hydrogens is 393 g/mol. The molecule has 0 atom stereocenters. The van der Waals surface area contributed by atoms with E-state index in [-0.39, 0.29) is 0 Å². The molecule has 0 bridgehead atoms. The van der Waals surface area contributed by atoms with Crippen molar-refractivity contribution in [2.24, 2.45) is 5.16 Å². The van der Waals surface area contributed by atoms with Crippen LogP contribution in [0.15, 0.2) is 84.5 Å². The van der Waals surface area contributed by atoms with Gasteiger partial charge in [-0.05, 0) is 34.5 Å². The lowest BCUT2D eigenvalue weighted by Crippen LogP contribution is -2.12. The van der Waals surface area contributed by atoms with Crippen LogP contribution in [0.4, 0.5) is 0 Å². The summed E-state index contributed by atoms with van der Waals surface area (Å²) in [7, 11) is 0. The van der Waals surface area contributed by atoms with Gasteiger partial charge in [-0.25, -0.2) is 4.98 Å². The number of benzene rings is 3. The standard InChI is InChI=1S/C22H17Cl2N3O/c23-18-8-9-20(21(24)12-18)22(13-27-11-10-25-15-27)26-28-14-17-6-3-5-16-4-1-2-7-19(16)17/h1-12,15H,13-14H2/b26-22-. The van der Waals surface area contributed by atoms with Crippen LogP contribution < -0.4 is 0 Å². The van der Waals surface area contributed by atoms with Gasteiger partial charge in [0.05, 0.1) is 17.9 Å². The van der Waals surface area contributed by atoms with Crippen molar-refractivity contribution in [3.05, 3.63) is 101 Å². The van der Waals surface area contributed by atoms with E-state index in [4.69, 9.17) is 28.0 Å². The minimum absolute atomic E-state index is 0.361. The molecule has 0 aliphatic heterocycles. The minimum Gasteiger partial charge on any atom is -0.391 e. The molecule has 0 fully saturated rings. The molecule has 1 heterocycles. The SMILES string of the molecule is Clc1ccc(/C(Cn2ccnc2)=N\OCc2cccc3ccccc23)c(Cl)c1. The first-order valence-corrected chi connectivity index (χ1v) is 9.53. The summed E-state index contributed by atoms with van der Waals surface area (Å²) in [6.07, 6.45) is 5.31. The molecule has 0 N–H and O–H groups in total. The van der Waals surface area contributed by atoms with Gasteiger partial charge in [-0.2, -0.15) is 0 Å². The van der Waals surface area contributed by atoms with E-state index in [0.29, 0.717) is 28.9 Å². The number of oxime groups is 1. The molecule has 0 saturated carbocycles. The van der Waals surface area contributed by atoms with Crippen LogP contribution in [0.2, 0.25) is 10.0 Å². The van der Waals surface area contributed by atoms with E-state index in [9.17, 15) is 0 Å². The smallest absolute Gasteiger partial charge is 0.142 e. The van der Waals surface area contributed by atoms with Crippen LogP contribution in [0.3, 0.4) is 0 Å². The van der Waals surface area contributed by atoms with Crippen molar-refractivity contribution >= 4 is 39.7 Å². The molecule has 0 amide bonds. The predicted molar refractivity (Wildman–Crippen MR) is 114 cm³/mol. The van der Waals surface area contributed by atoms with Crippen molar-refractivity contribution < 1.29 is 4.84 Å². The average molecular weight is 410 g/mol. The van der Waals surface area contributed by atoms with Crippen LogP contribution in [-0.2, 0) is 18.0 Å². The topological polar surface area (TPSA) is 39.4 Å². The number of imidazole rings is 1. The lowest BCUT2D eigenvalue weighted by Gasteiger charge is -2.11. The first-order valence-electron chi connectivity index (χ1n) is 8.77. The fraction of sp³-hybridized carbons (Fsp3) is 0.0909. The summed E-state index contributed by atoms with van der Waals surface area (Å²) in [5.74, 6) is 0. The summed E-state index contributed by atoms with van der Waals surface area (Å²) in [6.45, 7) is 0.844. The molecular formula is C22H17Cl2N3O. The van der Waals surface area contributed by atoms with Crippen molar-refractivity contribution in [2.45, 2.75) is 13.2 Å². The molecule has 0 aliphatic carbocycles. The predicted octanol–water partition coefficient (Wildman–Crippen LogP) is 5.96. The second-order valence-corrected chi connectivity index (χ2v) is 7.15. The van der Waals surface area contributed by atoms with E-state index >= 15 is 0 Å². The van der Waals surface area contributed by atoms with Gasteiger partial charge in [-0.1, -0.05) is 70.8 Å². The van der Waals surface area contributed by atoms with Crippen LogP contribution in [-0.4, -0.2) is 15.3 Å². The molecule has 28 heavy (non-hydrogen) atoms. The van der Waals surface area contributed by atoms with Gasteiger partial charge in [-0.15, -0.1) is 0 Å². The lowest BCUT2D eigenvalue weighted by molar-refractivity contribution is 0.131. The average Bonchev–Trinajstić information content (AvgIpc) is 3.21. The monoisotopic (exact) mass is 409 g/mol. The number of fused-ring (bicyclic) bond motifs is 1. The fourth-order valence-corrected chi connectivity index (χ4v) is 3.56. The van der Waals surface area contributed by atoms with Gasteiger partial charge in [0.15, 0.2) is 0 Å². The van der Waals surface area contributed by atoms with Crippen molar-refractivity contribution in [3.8, 4) is 0 Å². The molecule has 4 aromatic rings. The van der Waals surface area contributed by atoms with Crippen LogP contribution in [0.5, 0.6) is 0 Å². The van der Waals surface area contributed by atoms with Crippen LogP contribution in [0.1, 0.15) is 11.1 Å². The number of aromatic nitrogens is 2. The fourth-order valence-electron chi connectivity index (χ4n) is 3.04. The summed E-state index contributed by atoms with van der Waals surface area (Å²) >= 11 is 12.4. The van der Waals surface area contributed by atoms with Crippen LogP contribution in [0.25, 0.3) is 10.8 Å². The maximum atomic E-state index is 6.39. The molecule has 0 unspecified atom stereocenters. The Morgan fingerprint density at radius 3 is 2.71 bits per heavy atom. The molecule has 0 aliphatic rings. The molecule has 6 heteroatoms. The second-order valence-electron chi connectivity index (χ2n) is 6.31. The molecule has 4 rings (SSSR count). The van der Waals surface area contributed by atoms with Crippen molar-refractivity contribution in [1.82, 2.24) is 9.55 Å². The van der Waals surface area contributed by atoms with Crippen molar-refractivity contribution in [2.75, 3.05) is 0 Å². The minimum atomic E-state index is 0.361. The summed E-state index contributed by atoms with van der Waals surface area (Å²) in [6, 6.07) is 19.7. The maximum Gasteiger partial charge on any atom is 0.142 e. The molecule has 1 aromatic heterocycles. The summed E-state index contributed by atoms with van der Waals surface area (Å²) in [5.41, 5.74) is 2.55. The normalized spacial score (nSPS) is 11.7. The summed E-state index contributed by atoms with van der Waals surface area (Å²) in [5, 5.41) is 7.83. The molecule has 4 nitrogen and oxygen atoms in total. The highest BCUT2D eigenvalue weighted by atomic mass is 35.5. The van der Waals surface area contributed by atoms with Crippen LogP contribution >= 0.6 is 23.2 Å². The van der Waals surface area contributed by atoms with E-state index in [2.05, 4.69) is 28.3 Å². The molecule has 0 saturated heterocycles. The molecule has 0 spiro atoms. The van der Waals surface area contributed by atoms with E-state index in [1.165, 1.54) is 5.39 Å². The Morgan fingerprint density at radius 2 is 1.89 bits per heavy atom.